The van der Waals surface area contributed by atoms with Crippen molar-refractivity contribution >= 4 is 11.6 Å². The molecule has 0 bridgehead atoms. The first-order valence-electron chi connectivity index (χ1n) is 7.16. The molecule has 1 amide bonds. The number of amides is 1. The van der Waals surface area contributed by atoms with Gasteiger partial charge in [0.15, 0.2) is 0 Å². The molecule has 0 spiro atoms. The molecule has 1 unspecified atom stereocenters. The van der Waals surface area contributed by atoms with Gasteiger partial charge in [-0.2, -0.15) is 0 Å². The summed E-state index contributed by atoms with van der Waals surface area (Å²) in [4.78, 5) is 18.7. The van der Waals surface area contributed by atoms with Crippen molar-refractivity contribution in [2.45, 2.75) is 26.3 Å². The highest BCUT2D eigenvalue weighted by atomic mass is 16.2. The summed E-state index contributed by atoms with van der Waals surface area (Å²) in [6, 6.07) is 13.2. The number of rotatable bonds is 5. The van der Waals surface area contributed by atoms with E-state index in [0.29, 0.717) is 18.8 Å². The Morgan fingerprint density at radius 3 is 2.71 bits per heavy atom. The molecule has 1 aromatic heterocycles. The van der Waals surface area contributed by atoms with E-state index in [1.807, 2.05) is 61.2 Å². The van der Waals surface area contributed by atoms with Crippen molar-refractivity contribution in [3.8, 4) is 0 Å². The summed E-state index contributed by atoms with van der Waals surface area (Å²) in [6.07, 6.45) is 1.75. The van der Waals surface area contributed by atoms with E-state index in [9.17, 15) is 4.79 Å². The quantitative estimate of drug-likeness (QED) is 0.858. The van der Waals surface area contributed by atoms with Gasteiger partial charge >= 0.3 is 0 Å². The van der Waals surface area contributed by atoms with Gasteiger partial charge in [-0.05, 0) is 43.7 Å². The molecule has 4 heteroatoms. The van der Waals surface area contributed by atoms with E-state index in [2.05, 4.69) is 4.98 Å². The Morgan fingerprint density at radius 1 is 1.29 bits per heavy atom. The highest BCUT2D eigenvalue weighted by Gasteiger charge is 2.21. The maximum absolute atomic E-state index is 12.6. The first kappa shape index (κ1) is 15.0. The number of hydrogen-bond acceptors (Lipinski definition) is 3. The molecule has 110 valence electrons. The van der Waals surface area contributed by atoms with Gasteiger partial charge < -0.3 is 10.6 Å². The number of benzene rings is 1. The van der Waals surface area contributed by atoms with Crippen molar-refractivity contribution in [3.63, 3.8) is 0 Å². The Bertz CT molecular complexity index is 598. The molecule has 2 rings (SSSR count). The van der Waals surface area contributed by atoms with Crippen LogP contribution >= 0.6 is 0 Å². The number of aromatic nitrogens is 1. The third-order valence-electron chi connectivity index (χ3n) is 3.55. The predicted molar refractivity (Wildman–Crippen MR) is 84.6 cm³/mol. The van der Waals surface area contributed by atoms with E-state index < -0.39 is 0 Å². The van der Waals surface area contributed by atoms with E-state index in [1.54, 1.807) is 6.20 Å². The van der Waals surface area contributed by atoms with Crippen LogP contribution in [0.5, 0.6) is 0 Å². The molecule has 2 N–H and O–H groups in total. The maximum atomic E-state index is 12.6. The zero-order valence-electron chi connectivity index (χ0n) is 12.5. The summed E-state index contributed by atoms with van der Waals surface area (Å²) in [5.74, 6) is -0.120. The van der Waals surface area contributed by atoms with E-state index in [-0.39, 0.29) is 11.8 Å². The number of anilines is 1. The Labute approximate surface area is 125 Å². The van der Waals surface area contributed by atoms with Gasteiger partial charge in [-0.15, -0.1) is 0 Å². The highest BCUT2D eigenvalue weighted by Crippen LogP contribution is 2.20. The van der Waals surface area contributed by atoms with Crippen molar-refractivity contribution in [2.75, 3.05) is 12.3 Å². The number of likely N-dealkylation sites (N-methyl/N-ethyl adjacent to an activating group) is 1. The molecule has 0 aliphatic heterocycles. The van der Waals surface area contributed by atoms with Crippen molar-refractivity contribution < 1.29 is 4.79 Å². The number of pyridine rings is 1. The summed E-state index contributed by atoms with van der Waals surface area (Å²) in [6.45, 7) is 5.08. The van der Waals surface area contributed by atoms with Crippen LogP contribution in [0.2, 0.25) is 0 Å². The van der Waals surface area contributed by atoms with Gasteiger partial charge in [0.1, 0.15) is 0 Å². The average molecular weight is 283 g/mol. The SMILES string of the molecule is CCN(Cc1ccccn1)C(=O)C(C)c1cccc(N)c1. The first-order chi connectivity index (χ1) is 10.1. The number of nitrogens with zero attached hydrogens (tertiary/aromatic N) is 2. The molecule has 21 heavy (non-hydrogen) atoms. The number of nitrogens with two attached hydrogens (primary N) is 1. The topological polar surface area (TPSA) is 59.2 Å². The fraction of sp³-hybridized carbons (Fsp3) is 0.294. The minimum absolute atomic E-state index is 0.0914. The van der Waals surface area contributed by atoms with Crippen LogP contribution in [0.1, 0.15) is 31.0 Å². The molecule has 0 saturated heterocycles. The lowest BCUT2D eigenvalue weighted by molar-refractivity contribution is -0.132. The van der Waals surface area contributed by atoms with E-state index in [4.69, 9.17) is 5.73 Å². The molecular formula is C17H21N3O. The highest BCUT2D eigenvalue weighted by molar-refractivity contribution is 5.83. The molecule has 0 aliphatic rings. The Hall–Kier alpha value is -2.36. The minimum atomic E-state index is -0.211. The number of carbonyl (C=O) groups is 1. The second kappa shape index (κ2) is 6.88. The van der Waals surface area contributed by atoms with Gasteiger partial charge in [0.25, 0.3) is 0 Å². The summed E-state index contributed by atoms with van der Waals surface area (Å²) >= 11 is 0. The monoisotopic (exact) mass is 283 g/mol. The second-order valence-corrected chi connectivity index (χ2v) is 5.07. The third-order valence-corrected chi connectivity index (χ3v) is 3.55. The number of hydrogen-bond donors (Lipinski definition) is 1. The van der Waals surface area contributed by atoms with Gasteiger partial charge in [-0.25, -0.2) is 0 Å². The molecule has 4 nitrogen and oxygen atoms in total. The zero-order chi connectivity index (χ0) is 15.2. The normalized spacial score (nSPS) is 11.9. The Morgan fingerprint density at radius 2 is 2.10 bits per heavy atom. The third kappa shape index (κ3) is 3.81. The molecule has 0 radical (unpaired) electrons. The molecule has 1 heterocycles. The molecule has 1 aromatic carbocycles. The Balaban J connectivity index is 2.12. The van der Waals surface area contributed by atoms with Crippen LogP contribution in [0.3, 0.4) is 0 Å². The number of carbonyl (C=O) groups excluding carboxylic acids is 1. The largest absolute Gasteiger partial charge is 0.399 e. The van der Waals surface area contributed by atoms with Crippen molar-refractivity contribution in [1.82, 2.24) is 9.88 Å². The summed E-state index contributed by atoms with van der Waals surface area (Å²) in [5, 5.41) is 0. The van der Waals surface area contributed by atoms with Gasteiger partial charge in [-0.3, -0.25) is 9.78 Å². The van der Waals surface area contributed by atoms with Crippen LogP contribution in [-0.2, 0) is 11.3 Å². The van der Waals surface area contributed by atoms with Crippen molar-refractivity contribution in [1.29, 1.82) is 0 Å². The van der Waals surface area contributed by atoms with Crippen molar-refractivity contribution in [3.05, 3.63) is 59.9 Å². The van der Waals surface area contributed by atoms with E-state index in [1.165, 1.54) is 0 Å². The standard InChI is InChI=1S/C17H21N3O/c1-3-20(12-16-9-4-5-10-19-16)17(21)13(2)14-7-6-8-15(18)11-14/h4-11,13H,3,12,18H2,1-2H3. The second-order valence-electron chi connectivity index (χ2n) is 5.07. The van der Waals surface area contributed by atoms with Gasteiger partial charge in [0.05, 0.1) is 18.2 Å². The fourth-order valence-electron chi connectivity index (χ4n) is 2.28. The lowest BCUT2D eigenvalue weighted by Gasteiger charge is -2.24. The van der Waals surface area contributed by atoms with Crippen LogP contribution in [0.4, 0.5) is 5.69 Å². The Kier molecular flexibility index (Phi) is 4.93. The average Bonchev–Trinajstić information content (AvgIpc) is 2.52. The van der Waals surface area contributed by atoms with Crippen LogP contribution in [0, 0.1) is 0 Å². The number of nitrogen functional groups attached to an aromatic ring is 1. The lowest BCUT2D eigenvalue weighted by atomic mass is 9.99. The van der Waals surface area contributed by atoms with Gasteiger partial charge in [-0.1, -0.05) is 18.2 Å². The molecule has 0 fully saturated rings. The zero-order valence-corrected chi connectivity index (χ0v) is 12.5. The minimum Gasteiger partial charge on any atom is -0.399 e. The smallest absolute Gasteiger partial charge is 0.230 e. The van der Waals surface area contributed by atoms with Gasteiger partial charge in [0.2, 0.25) is 5.91 Å². The summed E-state index contributed by atoms with van der Waals surface area (Å²) in [5.41, 5.74) is 8.31. The molecule has 0 saturated carbocycles. The molecule has 1 atom stereocenters. The van der Waals surface area contributed by atoms with Crippen LogP contribution in [0.25, 0.3) is 0 Å². The first-order valence-corrected chi connectivity index (χ1v) is 7.16. The van der Waals surface area contributed by atoms with Crippen LogP contribution < -0.4 is 5.73 Å². The molecule has 2 aromatic rings. The lowest BCUT2D eigenvalue weighted by Crippen LogP contribution is -2.34. The molecule has 0 aliphatic carbocycles. The summed E-state index contributed by atoms with van der Waals surface area (Å²) < 4.78 is 0. The van der Waals surface area contributed by atoms with Crippen LogP contribution in [-0.4, -0.2) is 22.3 Å². The van der Waals surface area contributed by atoms with Gasteiger partial charge in [0, 0.05) is 18.4 Å². The van der Waals surface area contributed by atoms with Crippen LogP contribution in [0.15, 0.2) is 48.7 Å². The summed E-state index contributed by atoms with van der Waals surface area (Å²) in [7, 11) is 0. The van der Waals surface area contributed by atoms with Crippen molar-refractivity contribution in [2.24, 2.45) is 0 Å². The van der Waals surface area contributed by atoms with E-state index in [0.717, 1.165) is 11.3 Å². The fourth-order valence-corrected chi connectivity index (χ4v) is 2.28. The predicted octanol–water partition coefficient (Wildman–Crippen LogP) is 2.82. The molecular weight excluding hydrogens is 262 g/mol. The van der Waals surface area contributed by atoms with E-state index >= 15 is 0 Å². The maximum Gasteiger partial charge on any atom is 0.230 e.